The van der Waals surface area contributed by atoms with Crippen LogP contribution in [0.25, 0.3) is 0 Å². The third kappa shape index (κ3) is 4.11. The van der Waals surface area contributed by atoms with Crippen molar-refractivity contribution in [3.05, 3.63) is 23.8 Å². The van der Waals surface area contributed by atoms with Gasteiger partial charge in [-0.2, -0.15) is 0 Å². The summed E-state index contributed by atoms with van der Waals surface area (Å²) in [5.74, 6) is -0.724. The largest absolute Gasteiger partial charge is 0.484 e. The lowest BCUT2D eigenvalue weighted by molar-refractivity contribution is -0.133. The van der Waals surface area contributed by atoms with Crippen LogP contribution in [0.3, 0.4) is 0 Å². The van der Waals surface area contributed by atoms with Crippen LogP contribution >= 0.6 is 0 Å². The van der Waals surface area contributed by atoms with E-state index in [1.807, 2.05) is 4.90 Å². The van der Waals surface area contributed by atoms with Gasteiger partial charge in [-0.3, -0.25) is 4.79 Å². The van der Waals surface area contributed by atoms with Crippen LogP contribution in [0.5, 0.6) is 5.75 Å². The molecule has 6 heteroatoms. The van der Waals surface area contributed by atoms with E-state index in [1.54, 1.807) is 0 Å². The Kier molecular flexibility index (Phi) is 5.03. The number of hydrogen-bond donors (Lipinski definition) is 2. The summed E-state index contributed by atoms with van der Waals surface area (Å²) in [6, 6.07) is 4.32. The van der Waals surface area contributed by atoms with Crippen LogP contribution in [0.2, 0.25) is 0 Å². The van der Waals surface area contributed by atoms with Crippen LogP contribution in [-0.4, -0.2) is 41.6 Å². The first-order valence-electron chi connectivity index (χ1n) is 7.11. The van der Waals surface area contributed by atoms with Crippen molar-refractivity contribution in [3.63, 3.8) is 0 Å². The molecule has 1 aliphatic rings. The molecule has 0 bridgehead atoms. The maximum absolute atomic E-state index is 12.1. The topological polar surface area (TPSA) is 92.9 Å². The molecule has 1 aromatic carbocycles. The van der Waals surface area contributed by atoms with Crippen LogP contribution in [-0.2, 0) is 4.79 Å². The lowest BCUT2D eigenvalue weighted by Gasteiger charge is -2.20. The zero-order valence-corrected chi connectivity index (χ0v) is 11.9. The predicted octanol–water partition coefficient (Wildman–Crippen LogP) is 1.75. The molecule has 1 fully saturated rings. The summed E-state index contributed by atoms with van der Waals surface area (Å²) < 4.78 is 5.41. The number of anilines is 1. The quantitative estimate of drug-likeness (QED) is 0.825. The Morgan fingerprint density at radius 2 is 1.86 bits per heavy atom. The van der Waals surface area contributed by atoms with E-state index in [9.17, 15) is 9.59 Å². The molecule has 1 amide bonds. The Bertz CT molecular complexity index is 522. The Morgan fingerprint density at radius 1 is 1.19 bits per heavy atom. The summed E-state index contributed by atoms with van der Waals surface area (Å²) in [4.78, 5) is 24.7. The molecule has 2 rings (SSSR count). The molecule has 114 valence electrons. The number of hydrogen-bond acceptors (Lipinski definition) is 4. The van der Waals surface area contributed by atoms with Crippen molar-refractivity contribution >= 4 is 17.6 Å². The number of nitrogens with zero attached hydrogens (tertiary/aromatic N) is 1. The summed E-state index contributed by atoms with van der Waals surface area (Å²) in [5.41, 5.74) is 5.79. The van der Waals surface area contributed by atoms with E-state index in [0.717, 1.165) is 38.8 Å². The molecule has 0 aromatic heterocycles. The number of carboxylic acids is 1. The van der Waals surface area contributed by atoms with E-state index in [0.29, 0.717) is 5.75 Å². The SMILES string of the molecule is Nc1cc(OCC(=O)N2CCCCCC2)ccc1C(=O)O. The Hall–Kier alpha value is -2.24. The van der Waals surface area contributed by atoms with Crippen molar-refractivity contribution in [3.8, 4) is 5.75 Å². The molecule has 0 aliphatic carbocycles. The molecule has 0 radical (unpaired) electrons. The van der Waals surface area contributed by atoms with Gasteiger partial charge in [0.15, 0.2) is 6.61 Å². The minimum atomic E-state index is -1.08. The average Bonchev–Trinajstić information content (AvgIpc) is 2.73. The molecule has 1 heterocycles. The number of rotatable bonds is 4. The number of carbonyl (C=O) groups is 2. The number of amides is 1. The molecule has 0 atom stereocenters. The minimum Gasteiger partial charge on any atom is -0.484 e. The molecule has 1 aromatic rings. The molecule has 21 heavy (non-hydrogen) atoms. The number of likely N-dealkylation sites (tertiary alicyclic amines) is 1. The number of aromatic carboxylic acids is 1. The van der Waals surface area contributed by atoms with Gasteiger partial charge in [-0.15, -0.1) is 0 Å². The standard InChI is InChI=1S/C15H20N2O4/c16-13-9-11(5-6-12(13)15(19)20)21-10-14(18)17-7-3-1-2-4-8-17/h5-6,9H,1-4,7-8,10,16H2,(H,19,20). The van der Waals surface area contributed by atoms with Gasteiger partial charge in [-0.1, -0.05) is 12.8 Å². The predicted molar refractivity (Wildman–Crippen MR) is 78.4 cm³/mol. The summed E-state index contributed by atoms with van der Waals surface area (Å²) in [5, 5.41) is 8.89. The Labute approximate surface area is 123 Å². The summed E-state index contributed by atoms with van der Waals surface area (Å²) in [6.45, 7) is 1.51. The fourth-order valence-corrected chi connectivity index (χ4v) is 2.38. The van der Waals surface area contributed by atoms with Crippen molar-refractivity contribution in [2.45, 2.75) is 25.7 Å². The van der Waals surface area contributed by atoms with Gasteiger partial charge in [0, 0.05) is 24.8 Å². The number of carbonyl (C=O) groups excluding carboxylic acids is 1. The summed E-state index contributed by atoms with van der Waals surface area (Å²) in [7, 11) is 0. The normalized spacial score (nSPS) is 15.3. The molecule has 1 aliphatic heterocycles. The first-order valence-corrected chi connectivity index (χ1v) is 7.11. The number of ether oxygens (including phenoxy) is 1. The minimum absolute atomic E-state index is 0.0289. The molecule has 0 spiro atoms. The van der Waals surface area contributed by atoms with Gasteiger partial charge in [0.05, 0.1) is 5.56 Å². The molecular weight excluding hydrogens is 272 g/mol. The average molecular weight is 292 g/mol. The van der Waals surface area contributed by atoms with Crippen molar-refractivity contribution in [1.82, 2.24) is 4.90 Å². The molecular formula is C15H20N2O4. The van der Waals surface area contributed by atoms with Gasteiger partial charge in [-0.05, 0) is 25.0 Å². The summed E-state index contributed by atoms with van der Waals surface area (Å²) >= 11 is 0. The second kappa shape index (κ2) is 6.97. The van der Waals surface area contributed by atoms with Gasteiger partial charge < -0.3 is 20.5 Å². The highest BCUT2D eigenvalue weighted by molar-refractivity contribution is 5.93. The zero-order chi connectivity index (χ0) is 15.2. The van der Waals surface area contributed by atoms with E-state index in [2.05, 4.69) is 0 Å². The van der Waals surface area contributed by atoms with E-state index in [1.165, 1.54) is 18.2 Å². The number of nitrogens with two attached hydrogens (primary N) is 1. The third-order valence-corrected chi connectivity index (χ3v) is 3.57. The van der Waals surface area contributed by atoms with E-state index in [4.69, 9.17) is 15.6 Å². The van der Waals surface area contributed by atoms with Gasteiger partial charge in [0.25, 0.3) is 5.91 Å². The van der Waals surface area contributed by atoms with Crippen LogP contribution in [0.1, 0.15) is 36.0 Å². The highest BCUT2D eigenvalue weighted by Gasteiger charge is 2.16. The van der Waals surface area contributed by atoms with E-state index >= 15 is 0 Å². The van der Waals surface area contributed by atoms with Gasteiger partial charge in [-0.25, -0.2) is 4.79 Å². The monoisotopic (exact) mass is 292 g/mol. The lowest BCUT2D eigenvalue weighted by Crippen LogP contribution is -2.35. The Balaban J connectivity index is 1.91. The second-order valence-electron chi connectivity index (χ2n) is 5.14. The maximum Gasteiger partial charge on any atom is 0.337 e. The van der Waals surface area contributed by atoms with Crippen LogP contribution in [0.15, 0.2) is 18.2 Å². The van der Waals surface area contributed by atoms with Crippen molar-refractivity contribution < 1.29 is 19.4 Å². The summed E-state index contributed by atoms with van der Waals surface area (Å²) in [6.07, 6.45) is 4.40. The lowest BCUT2D eigenvalue weighted by atomic mass is 10.2. The zero-order valence-electron chi connectivity index (χ0n) is 11.9. The van der Waals surface area contributed by atoms with Crippen LogP contribution in [0, 0.1) is 0 Å². The fourth-order valence-electron chi connectivity index (χ4n) is 2.38. The highest BCUT2D eigenvalue weighted by Crippen LogP contribution is 2.20. The van der Waals surface area contributed by atoms with Gasteiger partial charge in [0.1, 0.15) is 5.75 Å². The van der Waals surface area contributed by atoms with Gasteiger partial charge >= 0.3 is 5.97 Å². The second-order valence-corrected chi connectivity index (χ2v) is 5.14. The fraction of sp³-hybridized carbons (Fsp3) is 0.467. The third-order valence-electron chi connectivity index (χ3n) is 3.57. The first-order chi connectivity index (χ1) is 10.1. The molecule has 0 unspecified atom stereocenters. The number of nitrogen functional groups attached to an aromatic ring is 1. The Morgan fingerprint density at radius 3 is 2.43 bits per heavy atom. The first kappa shape index (κ1) is 15.2. The molecule has 6 nitrogen and oxygen atoms in total. The molecule has 0 saturated carbocycles. The van der Waals surface area contributed by atoms with Crippen molar-refractivity contribution in [2.24, 2.45) is 0 Å². The highest BCUT2D eigenvalue weighted by atomic mass is 16.5. The van der Waals surface area contributed by atoms with Gasteiger partial charge in [0.2, 0.25) is 0 Å². The van der Waals surface area contributed by atoms with E-state index < -0.39 is 5.97 Å². The molecule has 1 saturated heterocycles. The number of carboxylic acid groups (broad SMARTS) is 1. The van der Waals surface area contributed by atoms with Crippen molar-refractivity contribution in [1.29, 1.82) is 0 Å². The van der Waals surface area contributed by atoms with Crippen LogP contribution in [0.4, 0.5) is 5.69 Å². The van der Waals surface area contributed by atoms with E-state index in [-0.39, 0.29) is 23.8 Å². The maximum atomic E-state index is 12.1. The van der Waals surface area contributed by atoms with Crippen LogP contribution < -0.4 is 10.5 Å². The van der Waals surface area contributed by atoms with Crippen molar-refractivity contribution in [2.75, 3.05) is 25.4 Å². The smallest absolute Gasteiger partial charge is 0.337 e. The number of benzene rings is 1. The molecule has 3 N–H and O–H groups in total.